The van der Waals surface area contributed by atoms with Crippen LogP contribution in [0.15, 0.2) is 48.5 Å². The number of rotatable bonds is 6. The molecule has 166 valence electrons. The van der Waals surface area contributed by atoms with Gasteiger partial charge < -0.3 is 10.1 Å². The largest absolute Gasteiger partial charge is 0.444 e. The summed E-state index contributed by atoms with van der Waals surface area (Å²) in [5.41, 5.74) is 1.47. The number of benzene rings is 2. The number of hydrogen-bond acceptors (Lipinski definition) is 6. The zero-order valence-electron chi connectivity index (χ0n) is 17.5. The maximum Gasteiger partial charge on any atom is 0.411 e. The van der Waals surface area contributed by atoms with Gasteiger partial charge in [0.15, 0.2) is 5.82 Å². The topological polar surface area (TPSA) is 110 Å². The molecule has 0 spiro atoms. The summed E-state index contributed by atoms with van der Waals surface area (Å²) in [5.74, 6) is 0.556. The minimum atomic E-state index is -0.649. The molecule has 0 radical (unpaired) electrons. The highest BCUT2D eigenvalue weighted by molar-refractivity contribution is 6.31. The highest BCUT2D eigenvalue weighted by Crippen LogP contribution is 2.23. The third-order valence-corrected chi connectivity index (χ3v) is 5.21. The van der Waals surface area contributed by atoms with Crippen molar-refractivity contribution in [1.29, 1.82) is 0 Å². The van der Waals surface area contributed by atoms with Crippen LogP contribution >= 0.6 is 11.6 Å². The van der Waals surface area contributed by atoms with E-state index in [1.807, 2.05) is 30.3 Å². The third kappa shape index (κ3) is 5.43. The molecule has 0 unspecified atom stereocenters. The van der Waals surface area contributed by atoms with E-state index in [4.69, 9.17) is 16.3 Å². The van der Waals surface area contributed by atoms with Gasteiger partial charge in [0.25, 0.3) is 5.91 Å². The summed E-state index contributed by atoms with van der Waals surface area (Å²) in [6.07, 6.45) is 1.38. The van der Waals surface area contributed by atoms with Crippen LogP contribution in [0, 0.1) is 0 Å². The molecule has 1 atom stereocenters. The van der Waals surface area contributed by atoms with Gasteiger partial charge in [-0.25, -0.2) is 9.48 Å². The standard InChI is InChI=1S/C22H23ClN6O3/c1-29-21(26-19(28-29)18-8-5-9-24-18)27-20(30)15-10-16(23)12-17(11-15)25-22(31)32-13-14-6-3-2-4-7-14/h2-4,6-7,10-12,18,24H,5,8-9,13H2,1H3,(H,25,31)(H,26,27,28,30)/t18-/m0/s1. The lowest BCUT2D eigenvalue weighted by atomic mass is 10.2. The van der Waals surface area contributed by atoms with Crippen molar-refractivity contribution in [3.05, 3.63) is 70.5 Å². The fourth-order valence-corrected chi connectivity index (χ4v) is 3.64. The van der Waals surface area contributed by atoms with Crippen LogP contribution in [0.2, 0.25) is 5.02 Å². The molecule has 2 amide bonds. The van der Waals surface area contributed by atoms with E-state index in [0.29, 0.717) is 22.5 Å². The van der Waals surface area contributed by atoms with Crippen molar-refractivity contribution >= 4 is 35.2 Å². The Morgan fingerprint density at radius 1 is 1.22 bits per heavy atom. The Morgan fingerprint density at radius 3 is 2.78 bits per heavy atom. The molecule has 10 heteroatoms. The van der Waals surface area contributed by atoms with E-state index in [1.54, 1.807) is 7.05 Å². The van der Waals surface area contributed by atoms with E-state index in [1.165, 1.54) is 22.9 Å². The molecule has 1 aliphatic rings. The molecule has 1 aromatic heterocycles. The minimum absolute atomic E-state index is 0.0933. The normalized spacial score (nSPS) is 15.4. The number of aryl methyl sites for hydroxylation is 1. The van der Waals surface area contributed by atoms with Gasteiger partial charge in [0.05, 0.1) is 6.04 Å². The van der Waals surface area contributed by atoms with Gasteiger partial charge in [-0.1, -0.05) is 41.9 Å². The lowest BCUT2D eigenvalue weighted by molar-refractivity contribution is 0.102. The van der Waals surface area contributed by atoms with Crippen molar-refractivity contribution in [2.45, 2.75) is 25.5 Å². The quantitative estimate of drug-likeness (QED) is 0.521. The summed E-state index contributed by atoms with van der Waals surface area (Å²) in [5, 5.41) is 13.4. The van der Waals surface area contributed by atoms with Crippen LogP contribution in [-0.2, 0) is 18.4 Å². The Hall–Kier alpha value is -3.43. The molecule has 1 aliphatic heterocycles. The highest BCUT2D eigenvalue weighted by atomic mass is 35.5. The Balaban J connectivity index is 1.40. The first kappa shape index (κ1) is 21.8. The SMILES string of the molecule is Cn1nc([C@@H]2CCCN2)nc1NC(=O)c1cc(Cl)cc(NC(=O)OCc2ccccc2)c1. The summed E-state index contributed by atoms with van der Waals surface area (Å²) in [4.78, 5) is 29.4. The van der Waals surface area contributed by atoms with Crippen molar-refractivity contribution in [3.63, 3.8) is 0 Å². The Bertz CT molecular complexity index is 1110. The van der Waals surface area contributed by atoms with Crippen molar-refractivity contribution in [3.8, 4) is 0 Å². The lowest BCUT2D eigenvalue weighted by Gasteiger charge is -2.10. The van der Waals surface area contributed by atoms with Crippen molar-refractivity contribution < 1.29 is 14.3 Å². The third-order valence-electron chi connectivity index (χ3n) is 5.00. The Morgan fingerprint density at radius 2 is 2.03 bits per heavy atom. The number of nitrogens with zero attached hydrogens (tertiary/aromatic N) is 3. The molecule has 0 saturated carbocycles. The van der Waals surface area contributed by atoms with Crippen molar-refractivity contribution in [2.24, 2.45) is 7.05 Å². The van der Waals surface area contributed by atoms with E-state index < -0.39 is 12.0 Å². The Kier molecular flexibility index (Phi) is 6.67. The highest BCUT2D eigenvalue weighted by Gasteiger charge is 2.22. The lowest BCUT2D eigenvalue weighted by Crippen LogP contribution is -2.17. The van der Waals surface area contributed by atoms with Gasteiger partial charge in [0.2, 0.25) is 5.95 Å². The van der Waals surface area contributed by atoms with Gasteiger partial charge in [0.1, 0.15) is 6.61 Å². The van der Waals surface area contributed by atoms with E-state index in [-0.39, 0.29) is 18.2 Å². The predicted octanol–water partition coefficient (Wildman–Crippen LogP) is 3.89. The molecule has 1 fully saturated rings. The summed E-state index contributed by atoms with van der Waals surface area (Å²) >= 11 is 6.16. The molecule has 2 heterocycles. The number of carbonyl (C=O) groups is 2. The number of nitrogens with one attached hydrogen (secondary N) is 3. The monoisotopic (exact) mass is 454 g/mol. The van der Waals surface area contributed by atoms with Gasteiger partial charge in [0, 0.05) is 23.3 Å². The molecular weight excluding hydrogens is 432 g/mol. The van der Waals surface area contributed by atoms with Crippen LogP contribution in [0.3, 0.4) is 0 Å². The van der Waals surface area contributed by atoms with Gasteiger partial charge in [-0.2, -0.15) is 10.1 Å². The summed E-state index contributed by atoms with van der Waals surface area (Å²) in [6.45, 7) is 1.06. The number of anilines is 2. The number of halogens is 1. The van der Waals surface area contributed by atoms with Crippen LogP contribution in [0.25, 0.3) is 0 Å². The van der Waals surface area contributed by atoms with E-state index in [9.17, 15) is 9.59 Å². The first-order valence-electron chi connectivity index (χ1n) is 10.2. The van der Waals surface area contributed by atoms with Gasteiger partial charge in [-0.05, 0) is 43.1 Å². The van der Waals surface area contributed by atoms with Crippen LogP contribution in [-0.4, -0.2) is 33.3 Å². The zero-order valence-corrected chi connectivity index (χ0v) is 18.2. The summed E-state index contributed by atoms with van der Waals surface area (Å²) in [6, 6.07) is 14.0. The molecule has 4 rings (SSSR count). The molecule has 3 aromatic rings. The molecule has 9 nitrogen and oxygen atoms in total. The number of carbonyl (C=O) groups excluding carboxylic acids is 2. The maximum atomic E-state index is 12.8. The second-order valence-electron chi connectivity index (χ2n) is 7.44. The minimum Gasteiger partial charge on any atom is -0.444 e. The van der Waals surface area contributed by atoms with Crippen LogP contribution in [0.5, 0.6) is 0 Å². The molecular formula is C22H23ClN6O3. The number of hydrogen-bond donors (Lipinski definition) is 3. The first-order chi connectivity index (χ1) is 15.5. The van der Waals surface area contributed by atoms with Crippen molar-refractivity contribution in [2.75, 3.05) is 17.2 Å². The van der Waals surface area contributed by atoms with E-state index in [0.717, 1.165) is 24.9 Å². The van der Waals surface area contributed by atoms with Gasteiger partial charge in [-0.15, -0.1) is 0 Å². The number of amides is 2. The second-order valence-corrected chi connectivity index (χ2v) is 7.87. The zero-order chi connectivity index (χ0) is 22.5. The average molecular weight is 455 g/mol. The molecule has 0 aliphatic carbocycles. The summed E-state index contributed by atoms with van der Waals surface area (Å²) < 4.78 is 6.74. The maximum absolute atomic E-state index is 12.8. The predicted molar refractivity (Wildman–Crippen MR) is 121 cm³/mol. The number of aromatic nitrogens is 3. The smallest absolute Gasteiger partial charge is 0.411 e. The van der Waals surface area contributed by atoms with Crippen LogP contribution in [0.1, 0.15) is 40.6 Å². The number of ether oxygens (including phenoxy) is 1. The van der Waals surface area contributed by atoms with Crippen LogP contribution in [0.4, 0.5) is 16.4 Å². The van der Waals surface area contributed by atoms with Crippen LogP contribution < -0.4 is 16.0 Å². The molecule has 3 N–H and O–H groups in total. The van der Waals surface area contributed by atoms with E-state index >= 15 is 0 Å². The average Bonchev–Trinajstić information content (AvgIpc) is 3.43. The first-order valence-corrected chi connectivity index (χ1v) is 10.6. The van der Waals surface area contributed by atoms with Gasteiger partial charge in [-0.3, -0.25) is 15.4 Å². The second kappa shape index (κ2) is 9.80. The van der Waals surface area contributed by atoms with E-state index in [2.05, 4.69) is 26.0 Å². The van der Waals surface area contributed by atoms with Gasteiger partial charge >= 0.3 is 6.09 Å². The Labute approximate surface area is 190 Å². The molecule has 1 saturated heterocycles. The fraction of sp³-hybridized carbons (Fsp3) is 0.273. The molecule has 0 bridgehead atoms. The molecule has 2 aromatic carbocycles. The molecule has 32 heavy (non-hydrogen) atoms. The summed E-state index contributed by atoms with van der Waals surface area (Å²) in [7, 11) is 1.72. The fourth-order valence-electron chi connectivity index (χ4n) is 3.41. The van der Waals surface area contributed by atoms with Crippen molar-refractivity contribution in [1.82, 2.24) is 20.1 Å².